The number of benzene rings is 2. The van der Waals surface area contributed by atoms with Gasteiger partial charge in [-0.2, -0.15) is 0 Å². The number of hydrogen-bond donors (Lipinski definition) is 3. The Morgan fingerprint density at radius 3 is 2.08 bits per heavy atom. The average molecular weight is 836 g/mol. The molecule has 326 valence electrons. The zero-order chi connectivity index (χ0) is 44.2. The number of ether oxygens (including phenoxy) is 7. The first kappa shape index (κ1) is 44.9. The average Bonchev–Trinajstić information content (AvgIpc) is 3.18. The number of fused-ring (bicyclic) bond motifs is 5. The minimum Gasteiger partial charge on any atom is -0.456 e. The summed E-state index contributed by atoms with van der Waals surface area (Å²) in [4.78, 5) is 70.1. The predicted octanol–water partition coefficient (Wildman–Crippen LogP) is 4.57. The quantitative estimate of drug-likeness (QED) is 0.171. The van der Waals surface area contributed by atoms with Crippen molar-refractivity contribution in [2.24, 2.45) is 16.7 Å². The van der Waals surface area contributed by atoms with Crippen LogP contribution in [0.3, 0.4) is 0 Å². The standard InChI is InChI=1S/C45H57NO14/c1-24-28(57-39(51)33(48)32(26-17-13-11-14-18-26)46-40(52)60-41(3,4)5)22-45(53)37(58-38(50)27-19-15-12-16-20-27)35-43(8,36(49)34(55-10)31(24)42(45,6)7)29(54-9)21-30-44(35,23-56-30)59-25(2)47/h11-20,28-30,32-35,37,48,53H,21-23H2,1-10H3,(H,46,52)/t28-,29+,30+,32+,33-,34+,35-,37-,43+,44-,45+/m0/s1. The summed E-state index contributed by atoms with van der Waals surface area (Å²) in [6.45, 7) is 12.7. The normalized spacial score (nSPS) is 33.0. The summed E-state index contributed by atoms with van der Waals surface area (Å²) in [6.07, 6.45) is -9.31. The molecule has 2 aromatic rings. The van der Waals surface area contributed by atoms with Gasteiger partial charge in [-0.25, -0.2) is 14.4 Å². The van der Waals surface area contributed by atoms with Crippen molar-refractivity contribution < 1.29 is 67.3 Å². The van der Waals surface area contributed by atoms with Crippen LogP contribution in [0.1, 0.15) is 90.2 Å². The van der Waals surface area contributed by atoms with Crippen LogP contribution in [0.5, 0.6) is 0 Å². The molecule has 3 fully saturated rings. The highest BCUT2D eigenvalue weighted by Gasteiger charge is 2.78. The number of carbonyl (C=O) groups excluding carboxylic acids is 5. The van der Waals surface area contributed by atoms with Crippen molar-refractivity contribution in [2.45, 2.75) is 128 Å². The van der Waals surface area contributed by atoms with Gasteiger partial charge in [0.2, 0.25) is 0 Å². The Morgan fingerprint density at radius 2 is 1.55 bits per heavy atom. The molecule has 11 atom stereocenters. The minimum absolute atomic E-state index is 0.121. The van der Waals surface area contributed by atoms with Crippen molar-refractivity contribution in [3.63, 3.8) is 0 Å². The fraction of sp³-hybridized carbons (Fsp3) is 0.578. The lowest BCUT2D eigenvalue weighted by molar-refractivity contribution is -0.347. The number of esters is 3. The zero-order valence-corrected chi connectivity index (χ0v) is 35.8. The fourth-order valence-corrected chi connectivity index (χ4v) is 10.1. The maximum atomic E-state index is 15.5. The van der Waals surface area contributed by atoms with Crippen molar-refractivity contribution in [1.82, 2.24) is 5.32 Å². The van der Waals surface area contributed by atoms with Gasteiger partial charge in [0.05, 0.1) is 35.6 Å². The maximum Gasteiger partial charge on any atom is 0.408 e. The Hall–Kier alpha value is -4.67. The number of alkyl carbamates (subject to hydrolysis) is 1. The molecule has 1 amide bonds. The number of aliphatic hydroxyl groups is 2. The van der Waals surface area contributed by atoms with Gasteiger partial charge >= 0.3 is 24.0 Å². The molecule has 0 radical (unpaired) electrons. The number of hydrogen-bond acceptors (Lipinski definition) is 14. The summed E-state index contributed by atoms with van der Waals surface area (Å²) in [7, 11) is 2.78. The molecule has 0 unspecified atom stereocenters. The van der Waals surface area contributed by atoms with E-state index in [-0.39, 0.29) is 24.2 Å². The lowest BCUT2D eigenvalue weighted by Gasteiger charge is -2.67. The Morgan fingerprint density at radius 1 is 0.933 bits per heavy atom. The van der Waals surface area contributed by atoms with Gasteiger partial charge in [-0.1, -0.05) is 62.4 Å². The minimum atomic E-state index is -2.22. The van der Waals surface area contributed by atoms with Crippen LogP contribution in [0.15, 0.2) is 71.8 Å². The number of ketones is 1. The second-order valence-corrected chi connectivity index (χ2v) is 18.0. The first-order chi connectivity index (χ1) is 28.1. The van der Waals surface area contributed by atoms with Gasteiger partial charge in [0.1, 0.15) is 35.6 Å². The Kier molecular flexibility index (Phi) is 12.2. The molecule has 1 saturated heterocycles. The van der Waals surface area contributed by atoms with Gasteiger partial charge in [0.25, 0.3) is 0 Å². The van der Waals surface area contributed by atoms with Crippen LogP contribution in [-0.2, 0) is 47.5 Å². The van der Waals surface area contributed by atoms with Crippen LogP contribution in [0, 0.1) is 16.7 Å². The third-order valence-corrected chi connectivity index (χ3v) is 13.0. The molecule has 0 aromatic heterocycles. The van der Waals surface area contributed by atoms with E-state index in [0.717, 1.165) is 0 Å². The molecular formula is C45H57NO14. The summed E-state index contributed by atoms with van der Waals surface area (Å²) < 4.78 is 42.4. The van der Waals surface area contributed by atoms with Gasteiger partial charge in [-0.05, 0) is 63.5 Å². The van der Waals surface area contributed by atoms with Crippen LogP contribution in [-0.4, -0.2) is 114 Å². The van der Waals surface area contributed by atoms with E-state index in [9.17, 15) is 29.4 Å². The van der Waals surface area contributed by atoms with Crippen molar-refractivity contribution in [3.8, 4) is 0 Å². The first-order valence-corrected chi connectivity index (χ1v) is 20.1. The monoisotopic (exact) mass is 835 g/mol. The Balaban J connectivity index is 1.52. The number of aliphatic hydroxyl groups excluding tert-OH is 1. The molecule has 3 aliphatic carbocycles. The number of nitrogens with one attached hydrogen (secondary N) is 1. The second kappa shape index (κ2) is 16.3. The van der Waals surface area contributed by atoms with Gasteiger partial charge in [-0.15, -0.1) is 0 Å². The molecule has 15 heteroatoms. The number of Topliss-reactive ketones (excluding diaryl/α,β-unsaturated/α-hetero) is 1. The Labute approximate surface area is 350 Å². The predicted molar refractivity (Wildman–Crippen MR) is 213 cm³/mol. The second-order valence-electron chi connectivity index (χ2n) is 18.0. The molecule has 1 heterocycles. The topological polar surface area (TPSA) is 202 Å². The van der Waals surface area contributed by atoms with E-state index in [1.54, 1.807) is 109 Å². The number of rotatable bonds is 10. The molecule has 2 aromatic carbocycles. The van der Waals surface area contributed by atoms with E-state index in [4.69, 9.17) is 33.2 Å². The van der Waals surface area contributed by atoms with Crippen LogP contribution in [0.25, 0.3) is 0 Å². The number of methoxy groups -OCH3 is 2. The lowest BCUT2D eigenvalue weighted by atomic mass is 9.44. The fourth-order valence-electron chi connectivity index (χ4n) is 10.1. The zero-order valence-electron chi connectivity index (χ0n) is 35.8. The van der Waals surface area contributed by atoms with Crippen LogP contribution in [0.2, 0.25) is 0 Å². The van der Waals surface area contributed by atoms with Gasteiger partial charge in [0, 0.05) is 39.4 Å². The molecule has 2 saturated carbocycles. The summed E-state index contributed by atoms with van der Waals surface area (Å²) in [5.74, 6) is -4.52. The molecule has 6 rings (SSSR count). The van der Waals surface area contributed by atoms with Gasteiger partial charge in [-0.3, -0.25) is 9.59 Å². The summed E-state index contributed by atoms with van der Waals surface area (Å²) >= 11 is 0. The van der Waals surface area contributed by atoms with E-state index >= 15 is 4.79 Å². The highest BCUT2D eigenvalue weighted by atomic mass is 16.6. The molecule has 2 bridgehead atoms. The van der Waals surface area contributed by atoms with E-state index in [1.165, 1.54) is 21.1 Å². The highest BCUT2D eigenvalue weighted by Crippen LogP contribution is 2.64. The molecule has 15 nitrogen and oxygen atoms in total. The SMILES string of the molecule is CO[C@H]1C(=O)[C@@]2(C)[C@H]([C@H](OC(=O)c3ccccc3)[C@]3(O)C[C@H](OC(=O)[C@@H](O)[C@H](NC(=O)OC(C)(C)C)c4ccccc4)C(C)=C1C3(C)C)[C@]1(OC(C)=O)CO[C@@H]1C[C@H]2OC. The smallest absolute Gasteiger partial charge is 0.408 e. The van der Waals surface area contributed by atoms with E-state index in [0.29, 0.717) is 11.1 Å². The number of carbonyl (C=O) groups is 5. The number of amides is 1. The largest absolute Gasteiger partial charge is 0.456 e. The third kappa shape index (κ3) is 7.52. The van der Waals surface area contributed by atoms with Crippen molar-refractivity contribution in [2.75, 3.05) is 20.8 Å². The summed E-state index contributed by atoms with van der Waals surface area (Å²) in [5, 5.41) is 28.0. The van der Waals surface area contributed by atoms with Crippen LogP contribution >= 0.6 is 0 Å². The molecular weight excluding hydrogens is 778 g/mol. The van der Waals surface area contributed by atoms with Crippen LogP contribution < -0.4 is 5.32 Å². The van der Waals surface area contributed by atoms with Crippen molar-refractivity contribution in [3.05, 3.63) is 82.9 Å². The maximum absolute atomic E-state index is 15.5. The molecule has 60 heavy (non-hydrogen) atoms. The van der Waals surface area contributed by atoms with E-state index < -0.39 is 112 Å². The lowest BCUT2D eigenvalue weighted by Crippen LogP contribution is -2.82. The highest BCUT2D eigenvalue weighted by molar-refractivity contribution is 5.94. The van der Waals surface area contributed by atoms with Crippen LogP contribution in [0.4, 0.5) is 4.79 Å². The van der Waals surface area contributed by atoms with Gasteiger partial charge in [0.15, 0.2) is 17.5 Å². The Bertz CT molecular complexity index is 2010. The van der Waals surface area contributed by atoms with Crippen molar-refractivity contribution in [1.29, 1.82) is 0 Å². The third-order valence-electron chi connectivity index (χ3n) is 13.0. The summed E-state index contributed by atoms with van der Waals surface area (Å²) in [5.41, 5.74) is -6.72. The molecule has 3 N–H and O–H groups in total. The summed E-state index contributed by atoms with van der Waals surface area (Å²) in [6, 6.07) is 15.1. The molecule has 0 spiro atoms. The first-order valence-electron chi connectivity index (χ1n) is 20.1. The molecule has 4 aliphatic rings. The van der Waals surface area contributed by atoms with Crippen molar-refractivity contribution >= 4 is 29.8 Å². The van der Waals surface area contributed by atoms with E-state index in [2.05, 4.69) is 5.32 Å². The molecule has 1 aliphatic heterocycles. The van der Waals surface area contributed by atoms with Gasteiger partial charge < -0.3 is 48.7 Å². The van der Waals surface area contributed by atoms with E-state index in [1.807, 2.05) is 0 Å².